The molecule has 4 heterocycles. The third kappa shape index (κ3) is 6.24. The summed E-state index contributed by atoms with van der Waals surface area (Å²) in [5.74, 6) is 1.32. The first-order chi connectivity index (χ1) is 22.0. The molecule has 0 unspecified atom stereocenters. The van der Waals surface area contributed by atoms with E-state index in [9.17, 15) is 4.79 Å². The smallest absolute Gasteiger partial charge is 0.358 e. The van der Waals surface area contributed by atoms with Crippen LogP contribution in [0.2, 0.25) is 0 Å². The molecule has 1 fully saturated rings. The summed E-state index contributed by atoms with van der Waals surface area (Å²) in [4.78, 5) is 24.1. The fourth-order valence-corrected chi connectivity index (χ4v) is 5.18. The number of para-hydroxylation sites is 1. The van der Waals surface area contributed by atoms with E-state index in [-0.39, 0.29) is 12.3 Å². The Morgan fingerprint density at radius 1 is 1.02 bits per heavy atom. The molecule has 1 aliphatic heterocycles. The van der Waals surface area contributed by atoms with Crippen LogP contribution in [-0.4, -0.2) is 66.6 Å². The lowest BCUT2D eigenvalue weighted by Gasteiger charge is -2.22. The van der Waals surface area contributed by atoms with Crippen LogP contribution in [0.5, 0.6) is 11.5 Å². The summed E-state index contributed by atoms with van der Waals surface area (Å²) >= 11 is 0. The summed E-state index contributed by atoms with van der Waals surface area (Å²) in [6, 6.07) is 19.3. The topological polar surface area (TPSA) is 122 Å². The highest BCUT2D eigenvalue weighted by atomic mass is 16.7. The van der Waals surface area contributed by atoms with E-state index in [4.69, 9.17) is 28.8 Å². The minimum Gasteiger partial charge on any atom is -0.497 e. The number of carbonyl (C=O) groups is 1. The van der Waals surface area contributed by atoms with Crippen LogP contribution in [0.25, 0.3) is 16.9 Å². The van der Waals surface area contributed by atoms with Crippen molar-refractivity contribution in [3.8, 4) is 22.8 Å². The van der Waals surface area contributed by atoms with Crippen molar-refractivity contribution >= 4 is 28.8 Å². The van der Waals surface area contributed by atoms with Crippen molar-refractivity contribution in [2.75, 3.05) is 51.3 Å². The zero-order chi connectivity index (χ0) is 31.3. The fraction of sp³-hybridized carbons (Fsp3) is 0.273. The van der Waals surface area contributed by atoms with Crippen LogP contribution in [0.15, 0.2) is 73.1 Å². The highest BCUT2D eigenvalue weighted by Crippen LogP contribution is 2.38. The summed E-state index contributed by atoms with van der Waals surface area (Å²) in [6.45, 7) is 3.68. The van der Waals surface area contributed by atoms with E-state index < -0.39 is 12.3 Å². The Labute approximate surface area is 260 Å². The molecule has 5 aromatic rings. The molecule has 3 aromatic heterocycles. The van der Waals surface area contributed by atoms with E-state index in [0.717, 1.165) is 33.8 Å². The number of hydrogen-bond acceptors (Lipinski definition) is 11. The van der Waals surface area contributed by atoms with Crippen molar-refractivity contribution in [2.24, 2.45) is 0 Å². The number of fused-ring (bicyclic) bond motifs is 1. The van der Waals surface area contributed by atoms with Gasteiger partial charge in [0.05, 0.1) is 57.3 Å². The number of methoxy groups -OCH3 is 2. The minimum absolute atomic E-state index is 0.217. The SMILES string of the molecule is CCOC(=O)c1cnc2c(N(C)Cc3ccc(OC)cc3)cc(Nc3cccc(-c4ccc(C5OCCO5)cn4)c3OC)nn12. The number of benzene rings is 2. The van der Waals surface area contributed by atoms with Crippen LogP contribution in [0, 0.1) is 0 Å². The molecule has 1 aliphatic rings. The molecular formula is C33H34N6O6. The summed E-state index contributed by atoms with van der Waals surface area (Å²) in [6.07, 6.45) is 2.83. The number of nitrogens with one attached hydrogen (secondary N) is 1. The lowest BCUT2D eigenvalue weighted by Crippen LogP contribution is -2.19. The number of aromatic nitrogens is 4. The average molecular weight is 611 g/mol. The van der Waals surface area contributed by atoms with Crippen LogP contribution >= 0.6 is 0 Å². The van der Waals surface area contributed by atoms with Gasteiger partial charge in [-0.1, -0.05) is 24.3 Å². The third-order valence-electron chi connectivity index (χ3n) is 7.36. The monoisotopic (exact) mass is 610 g/mol. The van der Waals surface area contributed by atoms with Crippen molar-refractivity contribution in [3.05, 3.63) is 89.9 Å². The molecule has 2 aromatic carbocycles. The van der Waals surface area contributed by atoms with Crippen LogP contribution in [0.4, 0.5) is 17.2 Å². The maximum absolute atomic E-state index is 12.8. The van der Waals surface area contributed by atoms with Crippen LogP contribution in [0.1, 0.15) is 34.8 Å². The van der Waals surface area contributed by atoms with Gasteiger partial charge in [-0.05, 0) is 42.8 Å². The number of hydrogen-bond donors (Lipinski definition) is 1. The van der Waals surface area contributed by atoms with Gasteiger partial charge in [-0.25, -0.2) is 14.3 Å². The first kappa shape index (κ1) is 29.9. The first-order valence-corrected chi connectivity index (χ1v) is 14.5. The fourth-order valence-electron chi connectivity index (χ4n) is 5.18. The van der Waals surface area contributed by atoms with E-state index >= 15 is 0 Å². The summed E-state index contributed by atoms with van der Waals surface area (Å²) < 4.78 is 29.2. The summed E-state index contributed by atoms with van der Waals surface area (Å²) in [7, 11) is 5.21. The van der Waals surface area contributed by atoms with Crippen molar-refractivity contribution < 1.29 is 28.5 Å². The van der Waals surface area contributed by atoms with Gasteiger partial charge in [0, 0.05) is 37.0 Å². The van der Waals surface area contributed by atoms with E-state index in [1.807, 2.05) is 72.6 Å². The van der Waals surface area contributed by atoms with Gasteiger partial charge < -0.3 is 33.9 Å². The van der Waals surface area contributed by atoms with Crippen molar-refractivity contribution in [2.45, 2.75) is 19.8 Å². The van der Waals surface area contributed by atoms with E-state index in [0.29, 0.717) is 42.7 Å². The normalized spacial score (nSPS) is 13.2. The number of carbonyl (C=O) groups excluding carboxylic acids is 1. The standard InChI is InChI=1S/C33H34N6O6/c1-5-43-32(40)28-19-35-31-27(38(2)20-21-9-12-23(41-3)13-10-21)17-29(37-39(28)31)36-26-8-6-7-24(30(26)42-4)25-14-11-22(18-34-25)33-44-15-16-45-33/h6-14,17-19,33H,5,15-16,20H2,1-4H3,(H,36,37). The average Bonchev–Trinajstić information content (AvgIpc) is 3.76. The summed E-state index contributed by atoms with van der Waals surface area (Å²) in [5.41, 5.74) is 5.58. The third-order valence-corrected chi connectivity index (χ3v) is 7.36. The van der Waals surface area contributed by atoms with Gasteiger partial charge in [-0.15, -0.1) is 5.10 Å². The number of imidazole rings is 1. The molecular weight excluding hydrogens is 576 g/mol. The highest BCUT2D eigenvalue weighted by molar-refractivity contribution is 5.90. The van der Waals surface area contributed by atoms with Crippen molar-refractivity contribution in [3.63, 3.8) is 0 Å². The molecule has 0 atom stereocenters. The zero-order valence-electron chi connectivity index (χ0n) is 25.5. The second kappa shape index (κ2) is 13.2. The number of nitrogens with zero attached hydrogens (tertiary/aromatic N) is 5. The minimum atomic E-state index is -0.513. The van der Waals surface area contributed by atoms with Crippen molar-refractivity contribution in [1.29, 1.82) is 0 Å². The van der Waals surface area contributed by atoms with Gasteiger partial charge in [0.1, 0.15) is 5.75 Å². The molecule has 0 bridgehead atoms. The molecule has 12 heteroatoms. The Balaban J connectivity index is 1.36. The van der Waals surface area contributed by atoms with Gasteiger partial charge in [0.25, 0.3) is 0 Å². The van der Waals surface area contributed by atoms with Gasteiger partial charge in [0.2, 0.25) is 0 Å². The van der Waals surface area contributed by atoms with Gasteiger partial charge in [-0.2, -0.15) is 0 Å². The largest absolute Gasteiger partial charge is 0.497 e. The lowest BCUT2D eigenvalue weighted by molar-refractivity contribution is -0.0443. The van der Waals surface area contributed by atoms with Crippen LogP contribution < -0.4 is 19.7 Å². The number of rotatable bonds is 11. The molecule has 12 nitrogen and oxygen atoms in total. The molecule has 0 saturated carbocycles. The maximum atomic E-state index is 12.8. The van der Waals surface area contributed by atoms with Crippen LogP contribution in [0.3, 0.4) is 0 Å². The zero-order valence-corrected chi connectivity index (χ0v) is 25.5. The molecule has 1 saturated heterocycles. The van der Waals surface area contributed by atoms with Gasteiger partial charge >= 0.3 is 5.97 Å². The second-order valence-electron chi connectivity index (χ2n) is 10.3. The van der Waals surface area contributed by atoms with E-state index in [2.05, 4.69) is 15.3 Å². The van der Waals surface area contributed by atoms with Crippen LogP contribution in [-0.2, 0) is 20.8 Å². The summed E-state index contributed by atoms with van der Waals surface area (Å²) in [5, 5.41) is 8.14. The molecule has 0 aliphatic carbocycles. The Morgan fingerprint density at radius 3 is 2.51 bits per heavy atom. The Morgan fingerprint density at radius 2 is 1.82 bits per heavy atom. The Hall–Kier alpha value is -5.20. The van der Waals surface area contributed by atoms with E-state index in [1.54, 1.807) is 27.3 Å². The predicted molar refractivity (Wildman–Crippen MR) is 168 cm³/mol. The molecule has 45 heavy (non-hydrogen) atoms. The quantitative estimate of drug-likeness (QED) is 0.193. The molecule has 6 rings (SSSR count). The van der Waals surface area contributed by atoms with Gasteiger partial charge in [-0.3, -0.25) is 4.98 Å². The molecule has 232 valence electrons. The molecule has 1 N–H and O–H groups in total. The number of esters is 1. The maximum Gasteiger partial charge on any atom is 0.358 e. The predicted octanol–water partition coefficient (Wildman–Crippen LogP) is 5.41. The molecule has 0 spiro atoms. The molecule has 0 amide bonds. The number of pyridine rings is 1. The van der Waals surface area contributed by atoms with E-state index in [1.165, 1.54) is 10.7 Å². The first-order valence-electron chi connectivity index (χ1n) is 14.5. The Bertz CT molecular complexity index is 1780. The highest BCUT2D eigenvalue weighted by Gasteiger charge is 2.22. The lowest BCUT2D eigenvalue weighted by atomic mass is 10.1. The number of ether oxygens (including phenoxy) is 5. The van der Waals surface area contributed by atoms with Crippen molar-refractivity contribution in [1.82, 2.24) is 19.6 Å². The second-order valence-corrected chi connectivity index (χ2v) is 10.3. The number of anilines is 3. The Kier molecular flexibility index (Phi) is 8.76. The van der Waals surface area contributed by atoms with Gasteiger partial charge in [0.15, 0.2) is 29.2 Å². The molecule has 0 radical (unpaired) electrons.